The van der Waals surface area contributed by atoms with Crippen molar-refractivity contribution in [3.05, 3.63) is 12.3 Å². The molecular weight excluding hydrogens is 250 g/mol. The van der Waals surface area contributed by atoms with Crippen LogP contribution in [0, 0.1) is 0 Å². The Labute approximate surface area is 96.2 Å². The molecule has 0 saturated heterocycles. The third kappa shape index (κ3) is 5.59. The Bertz CT molecular complexity index is 136. The lowest BCUT2D eigenvalue weighted by Gasteiger charge is -2.28. The number of hydrogen-bond donors (Lipinski definition) is 1. The van der Waals surface area contributed by atoms with E-state index >= 15 is 0 Å². The van der Waals surface area contributed by atoms with E-state index in [1.165, 1.54) is 6.20 Å². The van der Waals surface area contributed by atoms with Crippen molar-refractivity contribution >= 4 is 17.0 Å². The van der Waals surface area contributed by atoms with E-state index in [1.54, 1.807) is 6.08 Å². The van der Waals surface area contributed by atoms with E-state index in [9.17, 15) is 0 Å². The molecule has 4 nitrogen and oxygen atoms in total. The third-order valence-corrected chi connectivity index (χ3v) is 1.34. The Hall–Kier alpha value is -0.100. The van der Waals surface area contributed by atoms with E-state index in [-0.39, 0.29) is 17.0 Å². The van der Waals surface area contributed by atoms with Crippen molar-refractivity contribution in [2.75, 3.05) is 19.8 Å². The molecule has 0 bridgehead atoms. The van der Waals surface area contributed by atoms with E-state index in [2.05, 4.69) is 0 Å². The second-order valence-corrected chi connectivity index (χ2v) is 2.26. The van der Waals surface area contributed by atoms with Gasteiger partial charge in [0.15, 0.2) is 0 Å². The van der Waals surface area contributed by atoms with Crippen LogP contribution in [0.2, 0.25) is 0 Å². The monoisotopic (exact) mass is 269 g/mol. The predicted molar refractivity (Wildman–Crippen MR) is 61.3 cm³/mol. The molecular formula is C9H20BrNO3. The first kappa shape index (κ1) is 16.3. The molecule has 0 aliphatic heterocycles. The zero-order valence-corrected chi connectivity index (χ0v) is 10.7. The van der Waals surface area contributed by atoms with Crippen molar-refractivity contribution in [3.63, 3.8) is 0 Å². The van der Waals surface area contributed by atoms with Crippen LogP contribution in [0.3, 0.4) is 0 Å². The van der Waals surface area contributed by atoms with Crippen LogP contribution in [0.5, 0.6) is 0 Å². The Morgan fingerprint density at radius 2 is 1.36 bits per heavy atom. The summed E-state index contributed by atoms with van der Waals surface area (Å²) in [5, 5.41) is 0. The lowest BCUT2D eigenvalue weighted by molar-refractivity contribution is -0.345. The molecule has 0 spiro atoms. The number of halogens is 1. The van der Waals surface area contributed by atoms with Crippen LogP contribution in [0.4, 0.5) is 0 Å². The minimum Gasteiger partial charge on any atom is -0.405 e. The van der Waals surface area contributed by atoms with Gasteiger partial charge in [-0.1, -0.05) is 0 Å². The van der Waals surface area contributed by atoms with Crippen LogP contribution in [-0.2, 0) is 14.2 Å². The van der Waals surface area contributed by atoms with Crippen molar-refractivity contribution in [3.8, 4) is 0 Å². The van der Waals surface area contributed by atoms with Gasteiger partial charge in [-0.25, -0.2) is 0 Å². The Balaban J connectivity index is 0. The minimum atomic E-state index is -1.10. The molecule has 0 unspecified atom stereocenters. The van der Waals surface area contributed by atoms with Gasteiger partial charge in [0.2, 0.25) is 0 Å². The zero-order valence-electron chi connectivity index (χ0n) is 8.99. The smallest absolute Gasteiger partial charge is 0.306 e. The highest BCUT2D eigenvalue weighted by molar-refractivity contribution is 8.93. The van der Waals surface area contributed by atoms with Gasteiger partial charge in [-0.05, 0) is 27.0 Å². The molecule has 14 heavy (non-hydrogen) atoms. The van der Waals surface area contributed by atoms with Crippen molar-refractivity contribution in [1.82, 2.24) is 0 Å². The van der Waals surface area contributed by atoms with Crippen LogP contribution in [0.1, 0.15) is 20.8 Å². The van der Waals surface area contributed by atoms with E-state index < -0.39 is 5.97 Å². The molecule has 0 aliphatic carbocycles. The summed E-state index contributed by atoms with van der Waals surface area (Å²) in [6.07, 6.45) is 2.92. The zero-order chi connectivity index (χ0) is 10.2. The highest BCUT2D eigenvalue weighted by Crippen LogP contribution is 2.16. The summed E-state index contributed by atoms with van der Waals surface area (Å²) < 4.78 is 16.0. The Kier molecular flexibility index (Phi) is 11.0. The van der Waals surface area contributed by atoms with Gasteiger partial charge in [0.05, 0.1) is 0 Å². The fourth-order valence-electron chi connectivity index (χ4n) is 0.991. The summed E-state index contributed by atoms with van der Waals surface area (Å²) >= 11 is 0. The lowest BCUT2D eigenvalue weighted by atomic mass is 10.5. The van der Waals surface area contributed by atoms with Gasteiger partial charge in [-0.15, -0.1) is 17.0 Å². The summed E-state index contributed by atoms with van der Waals surface area (Å²) in [4.78, 5) is 0. The second-order valence-electron chi connectivity index (χ2n) is 2.26. The lowest BCUT2D eigenvalue weighted by Crippen LogP contribution is -2.37. The number of hydrogen-bond acceptors (Lipinski definition) is 4. The van der Waals surface area contributed by atoms with E-state index in [1.807, 2.05) is 20.8 Å². The summed E-state index contributed by atoms with van der Waals surface area (Å²) in [5.41, 5.74) is 5.28. The molecule has 0 aromatic heterocycles. The maximum Gasteiger partial charge on any atom is 0.306 e. The fraction of sp³-hybridized carbons (Fsp3) is 0.778. The molecule has 2 N–H and O–H groups in total. The van der Waals surface area contributed by atoms with Gasteiger partial charge in [0.25, 0.3) is 0 Å². The van der Waals surface area contributed by atoms with Crippen molar-refractivity contribution in [2.45, 2.75) is 26.7 Å². The van der Waals surface area contributed by atoms with E-state index in [0.717, 1.165) is 0 Å². The normalized spacial score (nSPS) is 11.6. The maximum atomic E-state index is 5.34. The number of nitrogens with two attached hydrogens (primary N) is 1. The molecule has 0 aliphatic rings. The van der Waals surface area contributed by atoms with Gasteiger partial charge in [-0.2, -0.15) is 0 Å². The molecule has 0 heterocycles. The summed E-state index contributed by atoms with van der Waals surface area (Å²) in [7, 11) is 0. The van der Waals surface area contributed by atoms with Crippen LogP contribution in [-0.4, -0.2) is 25.8 Å². The quantitative estimate of drug-likeness (QED) is 0.717. The molecule has 0 aromatic rings. The molecule has 0 radical (unpaired) electrons. The van der Waals surface area contributed by atoms with Gasteiger partial charge in [0.1, 0.15) is 0 Å². The van der Waals surface area contributed by atoms with Gasteiger partial charge < -0.3 is 19.9 Å². The average Bonchev–Trinajstić information content (AvgIpc) is 2.06. The van der Waals surface area contributed by atoms with Gasteiger partial charge in [0, 0.05) is 25.9 Å². The van der Waals surface area contributed by atoms with E-state index in [0.29, 0.717) is 19.8 Å². The first-order valence-electron chi connectivity index (χ1n) is 4.56. The van der Waals surface area contributed by atoms with Gasteiger partial charge >= 0.3 is 5.97 Å². The highest BCUT2D eigenvalue weighted by atomic mass is 79.9. The first-order valence-corrected chi connectivity index (χ1v) is 4.56. The van der Waals surface area contributed by atoms with Crippen molar-refractivity contribution in [2.24, 2.45) is 5.73 Å². The van der Waals surface area contributed by atoms with Crippen LogP contribution < -0.4 is 5.73 Å². The SMILES string of the molecule is Br.CCOC(C=CN)(OCC)OCC. The largest absolute Gasteiger partial charge is 0.405 e. The second kappa shape index (κ2) is 9.45. The topological polar surface area (TPSA) is 53.7 Å². The molecule has 0 atom stereocenters. The number of ether oxygens (including phenoxy) is 3. The molecule has 0 saturated carbocycles. The van der Waals surface area contributed by atoms with Crippen LogP contribution in [0.25, 0.3) is 0 Å². The van der Waals surface area contributed by atoms with Crippen LogP contribution >= 0.6 is 17.0 Å². The maximum absolute atomic E-state index is 5.34. The third-order valence-electron chi connectivity index (χ3n) is 1.34. The van der Waals surface area contributed by atoms with E-state index in [4.69, 9.17) is 19.9 Å². The van der Waals surface area contributed by atoms with Gasteiger partial charge in [-0.3, -0.25) is 0 Å². The molecule has 86 valence electrons. The Morgan fingerprint density at radius 1 is 1.00 bits per heavy atom. The summed E-state index contributed by atoms with van der Waals surface area (Å²) in [6, 6.07) is 0. The minimum absolute atomic E-state index is 0. The van der Waals surface area contributed by atoms with Crippen molar-refractivity contribution < 1.29 is 14.2 Å². The number of rotatable bonds is 7. The molecule has 0 fully saturated rings. The molecule has 0 amide bonds. The predicted octanol–water partition coefficient (Wildman–Crippen LogP) is 1.80. The average molecular weight is 270 g/mol. The first-order chi connectivity index (χ1) is 6.24. The summed E-state index contributed by atoms with van der Waals surface area (Å²) in [5.74, 6) is -1.10. The van der Waals surface area contributed by atoms with Crippen molar-refractivity contribution in [1.29, 1.82) is 0 Å². The summed E-state index contributed by atoms with van der Waals surface area (Å²) in [6.45, 7) is 7.13. The standard InChI is InChI=1S/C9H19NO3.BrH/c1-4-11-9(7-8-10,12-5-2)13-6-3;/h7-8H,4-6,10H2,1-3H3;1H. The van der Waals surface area contributed by atoms with Crippen LogP contribution in [0.15, 0.2) is 12.3 Å². The molecule has 5 heteroatoms. The fourth-order valence-corrected chi connectivity index (χ4v) is 0.991. The molecule has 0 aromatic carbocycles. The molecule has 0 rings (SSSR count). The highest BCUT2D eigenvalue weighted by Gasteiger charge is 2.28. The Morgan fingerprint density at radius 3 is 1.57 bits per heavy atom.